The maximum absolute atomic E-state index is 10.9. The number of ether oxygens (including phenoxy) is 4. The van der Waals surface area contributed by atoms with Crippen LogP contribution in [0, 0.1) is 11.8 Å². The molecule has 0 unspecified atom stereocenters. The number of hydrogen-bond donors (Lipinski definition) is 1. The lowest BCUT2D eigenvalue weighted by atomic mass is 9.88. The molecule has 2 heterocycles. The van der Waals surface area contributed by atoms with Crippen molar-refractivity contribution in [3.05, 3.63) is 23.8 Å². The van der Waals surface area contributed by atoms with Crippen molar-refractivity contribution in [1.29, 1.82) is 0 Å². The maximum atomic E-state index is 10.9. The molecule has 6 nitrogen and oxygen atoms in total. The quantitative estimate of drug-likeness (QED) is 0.843. The van der Waals surface area contributed by atoms with Crippen LogP contribution in [0.5, 0.6) is 11.5 Å². The molecular weight excluding hydrogens is 276 g/mol. The molecule has 0 saturated carbocycles. The van der Waals surface area contributed by atoms with E-state index in [4.69, 9.17) is 18.9 Å². The first-order valence-corrected chi connectivity index (χ1v) is 6.94. The van der Waals surface area contributed by atoms with E-state index in [0.29, 0.717) is 18.1 Å². The summed E-state index contributed by atoms with van der Waals surface area (Å²) in [4.78, 5) is 10.9. The molecule has 3 rings (SSSR count). The van der Waals surface area contributed by atoms with Gasteiger partial charge in [-0.3, -0.25) is 4.79 Å². The third-order valence-electron chi connectivity index (χ3n) is 3.92. The fourth-order valence-electron chi connectivity index (χ4n) is 2.80. The molecule has 1 saturated heterocycles. The molecule has 0 radical (unpaired) electrons. The fourth-order valence-corrected chi connectivity index (χ4v) is 2.80. The zero-order valence-corrected chi connectivity index (χ0v) is 11.8. The van der Waals surface area contributed by atoms with Crippen LogP contribution in [-0.2, 0) is 14.3 Å². The van der Waals surface area contributed by atoms with E-state index in [1.54, 1.807) is 0 Å². The summed E-state index contributed by atoms with van der Waals surface area (Å²) in [7, 11) is 0. The topological polar surface area (TPSA) is 74.2 Å². The molecule has 0 amide bonds. The van der Waals surface area contributed by atoms with Crippen LogP contribution in [0.2, 0.25) is 0 Å². The molecule has 0 spiro atoms. The Morgan fingerprint density at radius 3 is 2.95 bits per heavy atom. The molecule has 0 bridgehead atoms. The Bertz CT molecular complexity index is 529. The maximum Gasteiger partial charge on any atom is 0.302 e. The molecule has 1 aromatic carbocycles. The van der Waals surface area contributed by atoms with E-state index >= 15 is 0 Å². The number of aliphatic hydroxyl groups is 1. The lowest BCUT2D eigenvalue weighted by molar-refractivity contribution is -0.142. The van der Waals surface area contributed by atoms with E-state index in [1.807, 2.05) is 18.2 Å². The molecule has 0 aliphatic carbocycles. The predicted octanol–water partition coefficient (Wildman–Crippen LogP) is 1.27. The molecule has 114 valence electrons. The van der Waals surface area contributed by atoms with Gasteiger partial charge in [0.05, 0.1) is 19.3 Å². The lowest BCUT2D eigenvalue weighted by Crippen LogP contribution is -2.24. The fraction of sp³-hybridized carbons (Fsp3) is 0.533. The van der Waals surface area contributed by atoms with Crippen molar-refractivity contribution in [2.75, 3.05) is 26.6 Å². The molecule has 1 N–H and O–H groups in total. The van der Waals surface area contributed by atoms with Gasteiger partial charge in [0.25, 0.3) is 0 Å². The smallest absolute Gasteiger partial charge is 0.302 e. The van der Waals surface area contributed by atoms with Crippen LogP contribution in [0.3, 0.4) is 0 Å². The van der Waals surface area contributed by atoms with Gasteiger partial charge in [0, 0.05) is 25.4 Å². The van der Waals surface area contributed by atoms with Crippen molar-refractivity contribution in [3.63, 3.8) is 0 Å². The van der Waals surface area contributed by atoms with E-state index in [2.05, 4.69) is 0 Å². The van der Waals surface area contributed by atoms with Crippen molar-refractivity contribution in [2.24, 2.45) is 11.8 Å². The highest BCUT2D eigenvalue weighted by atomic mass is 16.7. The molecule has 0 aromatic heterocycles. The second-order valence-electron chi connectivity index (χ2n) is 5.28. The summed E-state index contributed by atoms with van der Waals surface area (Å²) in [5.74, 6) is 0.974. The van der Waals surface area contributed by atoms with Crippen LogP contribution in [-0.4, -0.2) is 37.7 Å². The van der Waals surface area contributed by atoms with Crippen LogP contribution < -0.4 is 9.47 Å². The minimum atomic E-state index is -0.321. The van der Waals surface area contributed by atoms with Gasteiger partial charge in [-0.15, -0.1) is 0 Å². The summed E-state index contributed by atoms with van der Waals surface area (Å²) >= 11 is 0. The van der Waals surface area contributed by atoms with Gasteiger partial charge in [-0.1, -0.05) is 6.07 Å². The van der Waals surface area contributed by atoms with Gasteiger partial charge >= 0.3 is 5.97 Å². The molecule has 2 aliphatic rings. The van der Waals surface area contributed by atoms with Crippen molar-refractivity contribution in [2.45, 2.75) is 13.0 Å². The SMILES string of the molecule is CC(=O)OC[C@H]1CO[C@H](c2ccc3c(c2)OCO3)[C@H]1CO. The molecule has 21 heavy (non-hydrogen) atoms. The van der Waals surface area contributed by atoms with Gasteiger partial charge in [0.2, 0.25) is 6.79 Å². The highest BCUT2D eigenvalue weighted by molar-refractivity contribution is 5.65. The monoisotopic (exact) mass is 294 g/mol. The Balaban J connectivity index is 1.74. The van der Waals surface area contributed by atoms with Crippen LogP contribution in [0.1, 0.15) is 18.6 Å². The van der Waals surface area contributed by atoms with Crippen LogP contribution in [0.15, 0.2) is 18.2 Å². The molecule has 3 atom stereocenters. The average molecular weight is 294 g/mol. The third-order valence-corrected chi connectivity index (χ3v) is 3.92. The number of esters is 1. The van der Waals surface area contributed by atoms with Crippen molar-refractivity contribution in [1.82, 2.24) is 0 Å². The second-order valence-corrected chi connectivity index (χ2v) is 5.28. The van der Waals surface area contributed by atoms with Gasteiger partial charge in [0.15, 0.2) is 11.5 Å². The lowest BCUT2D eigenvalue weighted by Gasteiger charge is -2.21. The number of aliphatic hydroxyl groups excluding tert-OH is 1. The van der Waals surface area contributed by atoms with Crippen molar-refractivity contribution >= 4 is 5.97 Å². The van der Waals surface area contributed by atoms with E-state index in [9.17, 15) is 9.90 Å². The highest BCUT2D eigenvalue weighted by Crippen LogP contribution is 2.42. The Kier molecular flexibility index (Phi) is 3.98. The number of carbonyl (C=O) groups is 1. The molecule has 6 heteroatoms. The Morgan fingerprint density at radius 1 is 1.38 bits per heavy atom. The van der Waals surface area contributed by atoms with Crippen molar-refractivity contribution in [3.8, 4) is 11.5 Å². The number of carbonyl (C=O) groups excluding carboxylic acids is 1. The second kappa shape index (κ2) is 5.91. The zero-order valence-electron chi connectivity index (χ0n) is 11.8. The summed E-state index contributed by atoms with van der Waals surface area (Å²) in [6.45, 7) is 2.30. The summed E-state index contributed by atoms with van der Waals surface area (Å²) in [5, 5.41) is 9.65. The number of hydrogen-bond acceptors (Lipinski definition) is 6. The van der Waals surface area contributed by atoms with Crippen LogP contribution in [0.4, 0.5) is 0 Å². The molecule has 1 aromatic rings. The van der Waals surface area contributed by atoms with Gasteiger partial charge in [0.1, 0.15) is 0 Å². The summed E-state index contributed by atoms with van der Waals surface area (Å²) in [6, 6.07) is 5.63. The number of benzene rings is 1. The number of rotatable bonds is 4. The van der Waals surface area contributed by atoms with Crippen LogP contribution >= 0.6 is 0 Å². The normalized spacial score (nSPS) is 26.9. The summed E-state index contributed by atoms with van der Waals surface area (Å²) in [6.07, 6.45) is -0.231. The molecule has 2 aliphatic heterocycles. The Labute approximate surface area is 122 Å². The summed E-state index contributed by atoms with van der Waals surface area (Å²) < 4.78 is 21.5. The van der Waals surface area contributed by atoms with Gasteiger partial charge in [-0.25, -0.2) is 0 Å². The van der Waals surface area contributed by atoms with Crippen LogP contribution in [0.25, 0.3) is 0 Å². The van der Waals surface area contributed by atoms with Gasteiger partial charge < -0.3 is 24.1 Å². The van der Waals surface area contributed by atoms with Crippen molar-refractivity contribution < 1.29 is 28.8 Å². The first-order chi connectivity index (χ1) is 10.2. The van der Waals surface area contributed by atoms with E-state index in [1.165, 1.54) is 6.92 Å². The Hall–Kier alpha value is -1.79. The minimum absolute atomic E-state index is 0.00526. The highest BCUT2D eigenvalue weighted by Gasteiger charge is 2.38. The average Bonchev–Trinajstić information content (AvgIpc) is 3.10. The first-order valence-electron chi connectivity index (χ1n) is 6.94. The summed E-state index contributed by atoms with van der Waals surface area (Å²) in [5.41, 5.74) is 0.934. The van der Waals surface area contributed by atoms with E-state index in [0.717, 1.165) is 5.56 Å². The van der Waals surface area contributed by atoms with Gasteiger partial charge in [-0.05, 0) is 17.7 Å². The standard InChI is InChI=1S/C15H18O6/c1-9(17)18-6-11-7-19-15(12(11)5-16)10-2-3-13-14(4-10)21-8-20-13/h2-4,11-12,15-16H,5-8H2,1H3/t11-,12-,15+/m0/s1. The van der Waals surface area contributed by atoms with Gasteiger partial charge in [-0.2, -0.15) is 0 Å². The Morgan fingerprint density at radius 2 is 2.19 bits per heavy atom. The predicted molar refractivity (Wildman–Crippen MR) is 72.0 cm³/mol. The third kappa shape index (κ3) is 2.82. The van der Waals surface area contributed by atoms with E-state index in [-0.39, 0.29) is 43.9 Å². The zero-order chi connectivity index (χ0) is 14.8. The minimum Gasteiger partial charge on any atom is -0.465 e. The molecular formula is C15H18O6. The largest absolute Gasteiger partial charge is 0.465 e. The number of fused-ring (bicyclic) bond motifs is 1. The van der Waals surface area contributed by atoms with E-state index < -0.39 is 0 Å². The molecule has 1 fully saturated rings. The first kappa shape index (κ1) is 14.2.